The van der Waals surface area contributed by atoms with E-state index in [1.165, 1.54) is 16.8 Å². The average molecular weight is 345 g/mol. The second kappa shape index (κ2) is 6.10. The Morgan fingerprint density at radius 3 is 2.26 bits per heavy atom. The van der Waals surface area contributed by atoms with Gasteiger partial charge in [0.2, 0.25) is 0 Å². The number of fused-ring (bicyclic) bond motifs is 1. The number of nitrogens with zero attached hydrogens (tertiary/aromatic N) is 2. The van der Waals surface area contributed by atoms with E-state index in [0.29, 0.717) is 10.0 Å². The van der Waals surface area contributed by atoms with Crippen molar-refractivity contribution in [1.29, 1.82) is 0 Å². The summed E-state index contributed by atoms with van der Waals surface area (Å²) in [5, 5.41) is 1.24. The molecule has 2 nitrogen and oxygen atoms in total. The Hall–Kier alpha value is -1.64. The van der Waals surface area contributed by atoms with E-state index in [-0.39, 0.29) is 0 Å². The predicted octanol–water partition coefficient (Wildman–Crippen LogP) is 4.71. The molecular weight excluding hydrogens is 327 g/mol. The van der Waals surface area contributed by atoms with Gasteiger partial charge >= 0.3 is 0 Å². The summed E-state index contributed by atoms with van der Waals surface area (Å²) in [6.07, 6.45) is 3.40. The van der Waals surface area contributed by atoms with Crippen molar-refractivity contribution in [3.8, 4) is 0 Å². The van der Waals surface area contributed by atoms with Gasteiger partial charge in [0.1, 0.15) is 0 Å². The molecule has 1 aliphatic heterocycles. The first-order chi connectivity index (χ1) is 11.2. The summed E-state index contributed by atoms with van der Waals surface area (Å²) < 4.78 is 0. The highest BCUT2D eigenvalue weighted by Crippen LogP contribution is 2.30. The third-order valence-electron chi connectivity index (χ3n) is 4.70. The third-order valence-corrected chi connectivity index (χ3v) is 5.44. The van der Waals surface area contributed by atoms with Gasteiger partial charge in [-0.2, -0.15) is 0 Å². The fourth-order valence-electron chi connectivity index (χ4n) is 3.40. The van der Waals surface area contributed by atoms with Crippen molar-refractivity contribution in [3.05, 3.63) is 69.3 Å². The van der Waals surface area contributed by atoms with Gasteiger partial charge in [-0.15, -0.1) is 0 Å². The van der Waals surface area contributed by atoms with Crippen LogP contribution in [0.5, 0.6) is 0 Å². The normalized spacial score (nSPS) is 17.2. The molecule has 4 heteroatoms. The maximum atomic E-state index is 6.14. The first kappa shape index (κ1) is 14.9. The summed E-state index contributed by atoms with van der Waals surface area (Å²) in [5.74, 6) is 0. The molecule has 1 aliphatic carbocycles. The van der Waals surface area contributed by atoms with Crippen LogP contribution in [0.1, 0.15) is 11.1 Å². The van der Waals surface area contributed by atoms with Gasteiger partial charge in [-0.1, -0.05) is 47.5 Å². The van der Waals surface area contributed by atoms with E-state index in [2.05, 4.69) is 46.2 Å². The van der Waals surface area contributed by atoms with Gasteiger partial charge in [-0.05, 0) is 35.4 Å². The van der Waals surface area contributed by atoms with E-state index in [1.54, 1.807) is 0 Å². The quantitative estimate of drug-likeness (QED) is 0.778. The van der Waals surface area contributed by atoms with Crippen LogP contribution in [0.2, 0.25) is 10.0 Å². The number of halogens is 2. The van der Waals surface area contributed by atoms with Crippen molar-refractivity contribution in [2.45, 2.75) is 6.42 Å². The number of hydrogen-bond acceptors (Lipinski definition) is 2. The molecule has 0 radical (unpaired) electrons. The third kappa shape index (κ3) is 2.93. The maximum absolute atomic E-state index is 6.14. The van der Waals surface area contributed by atoms with E-state index in [1.807, 2.05) is 12.1 Å². The maximum Gasteiger partial charge on any atom is 0.0612 e. The molecule has 1 fully saturated rings. The number of hydrogen-bond donors (Lipinski definition) is 0. The lowest BCUT2D eigenvalue weighted by Crippen LogP contribution is -2.45. The summed E-state index contributed by atoms with van der Waals surface area (Å²) in [6.45, 7) is 4.09. The number of rotatable bonds is 2. The Bertz CT molecular complexity index is 762. The molecular formula is C19H18Cl2N2. The van der Waals surface area contributed by atoms with E-state index in [9.17, 15) is 0 Å². The smallest absolute Gasteiger partial charge is 0.0612 e. The van der Waals surface area contributed by atoms with E-state index in [4.69, 9.17) is 23.2 Å². The van der Waals surface area contributed by atoms with Crippen LogP contribution in [-0.4, -0.2) is 31.1 Å². The van der Waals surface area contributed by atoms with Crippen molar-refractivity contribution in [1.82, 2.24) is 4.90 Å². The zero-order valence-corrected chi connectivity index (χ0v) is 14.3. The largest absolute Gasteiger partial charge is 0.371 e. The highest BCUT2D eigenvalue weighted by molar-refractivity contribution is 6.42. The molecule has 0 N–H and O–H groups in total. The summed E-state index contributed by atoms with van der Waals surface area (Å²) in [5.41, 5.74) is 5.41. The summed E-state index contributed by atoms with van der Waals surface area (Å²) in [7, 11) is 0. The van der Waals surface area contributed by atoms with Gasteiger partial charge in [-0.3, -0.25) is 0 Å². The second-order valence-electron chi connectivity index (χ2n) is 6.08. The van der Waals surface area contributed by atoms with Crippen LogP contribution < -0.4 is 4.90 Å². The van der Waals surface area contributed by atoms with Gasteiger partial charge in [-0.25, -0.2) is 0 Å². The molecule has 0 saturated carbocycles. The molecule has 1 saturated heterocycles. The highest BCUT2D eigenvalue weighted by Gasteiger charge is 2.22. The number of anilines is 1. The molecule has 0 aromatic heterocycles. The zero-order chi connectivity index (χ0) is 15.8. The molecule has 1 heterocycles. The average Bonchev–Trinajstić information content (AvgIpc) is 3.02. The Morgan fingerprint density at radius 2 is 1.52 bits per heavy atom. The Balaban J connectivity index is 1.43. The minimum absolute atomic E-state index is 0.614. The van der Waals surface area contributed by atoms with Crippen LogP contribution in [0.3, 0.4) is 0 Å². The summed E-state index contributed by atoms with van der Waals surface area (Å²) in [4.78, 5) is 4.88. The van der Waals surface area contributed by atoms with Gasteiger partial charge in [0.25, 0.3) is 0 Å². The molecule has 4 rings (SSSR count). The Labute approximate surface area is 146 Å². The van der Waals surface area contributed by atoms with Gasteiger partial charge in [0.15, 0.2) is 0 Å². The van der Waals surface area contributed by atoms with Crippen LogP contribution >= 0.6 is 23.2 Å². The fraction of sp³-hybridized carbons (Fsp3) is 0.263. The molecule has 0 unspecified atom stereocenters. The molecule has 23 heavy (non-hydrogen) atoms. The van der Waals surface area contributed by atoms with Crippen LogP contribution in [-0.2, 0) is 6.42 Å². The molecule has 2 aliphatic rings. The number of allylic oxidation sites excluding steroid dienone is 1. The lowest BCUT2D eigenvalue weighted by atomic mass is 10.1. The Kier molecular flexibility index (Phi) is 3.96. The summed E-state index contributed by atoms with van der Waals surface area (Å²) >= 11 is 12.1. The first-order valence-electron chi connectivity index (χ1n) is 7.94. The highest BCUT2D eigenvalue weighted by atomic mass is 35.5. The minimum atomic E-state index is 0.614. The lowest BCUT2D eigenvalue weighted by molar-refractivity contribution is 0.319. The molecule has 2 aromatic rings. The summed E-state index contributed by atoms with van der Waals surface area (Å²) in [6, 6.07) is 14.6. The van der Waals surface area contributed by atoms with Gasteiger partial charge in [0, 0.05) is 44.0 Å². The van der Waals surface area contributed by atoms with E-state index < -0.39 is 0 Å². The molecule has 0 atom stereocenters. The monoisotopic (exact) mass is 344 g/mol. The van der Waals surface area contributed by atoms with Crippen molar-refractivity contribution >= 4 is 35.0 Å². The predicted molar refractivity (Wildman–Crippen MR) is 98.4 cm³/mol. The van der Waals surface area contributed by atoms with Crippen LogP contribution in [0.15, 0.2) is 48.2 Å². The van der Waals surface area contributed by atoms with Crippen LogP contribution in [0, 0.1) is 0 Å². The molecule has 2 aromatic carbocycles. The molecule has 0 spiro atoms. The SMILES string of the molecule is Clc1ccc(N2CCN(C3=Cc4ccccc4C3)CC2)cc1Cl. The second-order valence-corrected chi connectivity index (χ2v) is 6.90. The molecule has 0 amide bonds. The fourth-order valence-corrected chi connectivity index (χ4v) is 3.69. The zero-order valence-electron chi connectivity index (χ0n) is 12.8. The minimum Gasteiger partial charge on any atom is -0.371 e. The first-order valence-corrected chi connectivity index (χ1v) is 8.70. The van der Waals surface area contributed by atoms with Gasteiger partial charge < -0.3 is 9.80 Å². The Morgan fingerprint density at radius 1 is 0.783 bits per heavy atom. The van der Waals surface area contributed by atoms with Crippen molar-refractivity contribution in [2.75, 3.05) is 31.1 Å². The van der Waals surface area contributed by atoms with E-state index in [0.717, 1.165) is 38.3 Å². The van der Waals surface area contributed by atoms with Crippen LogP contribution in [0.25, 0.3) is 6.08 Å². The molecule has 118 valence electrons. The van der Waals surface area contributed by atoms with Crippen molar-refractivity contribution in [2.24, 2.45) is 0 Å². The lowest BCUT2D eigenvalue weighted by Gasteiger charge is -2.38. The molecule has 0 bridgehead atoms. The standard InChI is InChI=1S/C19H18Cl2N2/c20-18-6-5-16(13-19(18)21)22-7-9-23(10-8-22)17-11-14-3-1-2-4-15(14)12-17/h1-6,11,13H,7-10,12H2. The topological polar surface area (TPSA) is 6.48 Å². The number of piperazine rings is 1. The van der Waals surface area contributed by atoms with Crippen molar-refractivity contribution < 1.29 is 0 Å². The van der Waals surface area contributed by atoms with Crippen LogP contribution in [0.4, 0.5) is 5.69 Å². The number of benzene rings is 2. The van der Waals surface area contributed by atoms with Crippen molar-refractivity contribution in [3.63, 3.8) is 0 Å². The van der Waals surface area contributed by atoms with Gasteiger partial charge in [0.05, 0.1) is 10.0 Å². The van der Waals surface area contributed by atoms with E-state index >= 15 is 0 Å².